The number of nitriles is 1. The molecular weight excluding hydrogens is 202 g/mol. The van der Waals surface area contributed by atoms with Crippen LogP contribution in [-0.2, 0) is 11.2 Å². The van der Waals surface area contributed by atoms with Crippen molar-refractivity contribution in [2.24, 2.45) is 0 Å². The summed E-state index contributed by atoms with van der Waals surface area (Å²) in [6, 6.07) is 9.74. The first kappa shape index (κ1) is 12.1. The number of nitrogens with zero attached hydrogens (tertiary/aromatic N) is 1. The quantitative estimate of drug-likeness (QED) is 0.781. The maximum atomic E-state index is 11.0. The van der Waals surface area contributed by atoms with Gasteiger partial charge >= 0.3 is 0 Å². The molecule has 84 valence electrons. The van der Waals surface area contributed by atoms with Crippen LogP contribution >= 0.6 is 0 Å². The van der Waals surface area contributed by atoms with E-state index in [1.807, 2.05) is 24.3 Å². The van der Waals surface area contributed by atoms with Gasteiger partial charge in [0.25, 0.3) is 0 Å². The Hall–Kier alpha value is -2.02. The lowest BCUT2D eigenvalue weighted by Crippen LogP contribution is -2.20. The lowest BCUT2D eigenvalue weighted by Gasteiger charge is -2.06. The zero-order valence-corrected chi connectivity index (χ0v) is 9.29. The van der Waals surface area contributed by atoms with Crippen molar-refractivity contribution in [2.75, 3.05) is 18.9 Å². The highest BCUT2D eigenvalue weighted by Crippen LogP contribution is 2.09. The Morgan fingerprint density at radius 2 is 2.06 bits per heavy atom. The van der Waals surface area contributed by atoms with E-state index < -0.39 is 0 Å². The van der Waals surface area contributed by atoms with Gasteiger partial charge < -0.3 is 10.6 Å². The van der Waals surface area contributed by atoms with Crippen LogP contribution in [0.2, 0.25) is 0 Å². The molecule has 0 radical (unpaired) electrons. The van der Waals surface area contributed by atoms with Crippen molar-refractivity contribution < 1.29 is 4.79 Å². The normalized spacial score (nSPS) is 9.25. The van der Waals surface area contributed by atoms with E-state index >= 15 is 0 Å². The third-order valence-corrected chi connectivity index (χ3v) is 2.20. The van der Waals surface area contributed by atoms with Crippen molar-refractivity contribution >= 4 is 11.6 Å². The van der Waals surface area contributed by atoms with Gasteiger partial charge in [-0.25, -0.2) is 0 Å². The molecule has 1 amide bonds. The van der Waals surface area contributed by atoms with Crippen molar-refractivity contribution in [1.82, 2.24) is 5.32 Å². The smallest absolute Gasteiger partial charge is 0.221 e. The van der Waals surface area contributed by atoms with Gasteiger partial charge in [-0.1, -0.05) is 12.1 Å². The second kappa shape index (κ2) is 6.46. The van der Waals surface area contributed by atoms with Crippen LogP contribution in [0.4, 0.5) is 5.69 Å². The van der Waals surface area contributed by atoms with Gasteiger partial charge in [0.1, 0.15) is 0 Å². The van der Waals surface area contributed by atoms with E-state index in [-0.39, 0.29) is 5.91 Å². The molecule has 0 spiro atoms. The van der Waals surface area contributed by atoms with Gasteiger partial charge in [-0.15, -0.1) is 0 Å². The van der Waals surface area contributed by atoms with Crippen LogP contribution in [0.25, 0.3) is 0 Å². The third kappa shape index (κ3) is 4.01. The molecule has 0 saturated heterocycles. The number of hydrogen-bond donors (Lipinski definition) is 2. The number of hydrogen-bond acceptors (Lipinski definition) is 3. The third-order valence-electron chi connectivity index (χ3n) is 2.20. The largest absolute Gasteiger partial charge is 0.385 e. The first-order chi connectivity index (χ1) is 7.76. The molecule has 0 saturated carbocycles. The number of benzene rings is 1. The van der Waals surface area contributed by atoms with Crippen molar-refractivity contribution in [3.63, 3.8) is 0 Å². The summed E-state index contributed by atoms with van der Waals surface area (Å²) in [6.07, 6.45) is 0.884. The highest BCUT2D eigenvalue weighted by molar-refractivity contribution is 5.76. The van der Waals surface area contributed by atoms with Crippen LogP contribution < -0.4 is 10.6 Å². The minimum absolute atomic E-state index is 0.0219. The molecule has 0 aromatic heterocycles. The average Bonchev–Trinajstić information content (AvgIpc) is 2.31. The maximum Gasteiger partial charge on any atom is 0.221 e. The van der Waals surface area contributed by atoms with Gasteiger partial charge in [-0.2, -0.15) is 5.26 Å². The summed E-state index contributed by atoms with van der Waals surface area (Å²) in [5.74, 6) is 0.0219. The number of amides is 1. The lowest BCUT2D eigenvalue weighted by molar-refractivity contribution is -0.120. The molecule has 16 heavy (non-hydrogen) atoms. The molecule has 1 aromatic rings. The van der Waals surface area contributed by atoms with Crippen LogP contribution in [0.15, 0.2) is 24.3 Å². The molecule has 4 nitrogen and oxygen atoms in total. The van der Waals surface area contributed by atoms with Gasteiger partial charge in [-0.05, 0) is 17.7 Å². The highest BCUT2D eigenvalue weighted by atomic mass is 16.1. The van der Waals surface area contributed by atoms with Crippen LogP contribution in [0.1, 0.15) is 12.0 Å². The van der Waals surface area contributed by atoms with E-state index in [1.54, 1.807) is 7.05 Å². The fraction of sp³-hybridized carbons (Fsp3) is 0.333. The molecule has 4 heteroatoms. The van der Waals surface area contributed by atoms with E-state index in [2.05, 4.69) is 16.7 Å². The molecule has 0 aliphatic carbocycles. The number of nitrogens with one attached hydrogen (secondary N) is 2. The summed E-state index contributed by atoms with van der Waals surface area (Å²) in [7, 11) is 1.62. The minimum atomic E-state index is 0.0219. The van der Waals surface area contributed by atoms with Crippen molar-refractivity contribution in [2.45, 2.75) is 12.8 Å². The van der Waals surface area contributed by atoms with Crippen molar-refractivity contribution in [3.05, 3.63) is 29.8 Å². The van der Waals surface area contributed by atoms with Gasteiger partial charge in [-0.3, -0.25) is 4.79 Å². The van der Waals surface area contributed by atoms with E-state index in [1.165, 1.54) is 0 Å². The number of anilines is 1. The van der Waals surface area contributed by atoms with Crippen LogP contribution in [0.3, 0.4) is 0 Å². The van der Waals surface area contributed by atoms with Crippen molar-refractivity contribution in [3.8, 4) is 6.07 Å². The fourth-order valence-electron chi connectivity index (χ4n) is 1.28. The summed E-state index contributed by atoms with van der Waals surface area (Å²) >= 11 is 0. The number of carbonyl (C=O) groups excluding carboxylic acids is 1. The Bertz CT molecular complexity index is 378. The van der Waals surface area contributed by atoms with Gasteiger partial charge in [0.05, 0.1) is 12.5 Å². The zero-order valence-electron chi connectivity index (χ0n) is 9.29. The Morgan fingerprint density at radius 1 is 1.38 bits per heavy atom. The molecule has 1 aromatic carbocycles. The first-order valence-corrected chi connectivity index (χ1v) is 5.16. The van der Waals surface area contributed by atoms with Gasteiger partial charge in [0, 0.05) is 25.7 Å². The standard InChI is InChI=1S/C12H15N3O/c1-14-12(16)7-9-15-11-4-2-10(3-5-11)6-8-13/h2-5,15H,6-7,9H2,1H3,(H,14,16). The molecule has 2 N–H and O–H groups in total. The summed E-state index contributed by atoms with van der Waals surface area (Å²) in [5.41, 5.74) is 1.96. The molecule has 0 heterocycles. The highest BCUT2D eigenvalue weighted by Gasteiger charge is 1.97. The van der Waals surface area contributed by atoms with Gasteiger partial charge in [0.15, 0.2) is 0 Å². The summed E-state index contributed by atoms with van der Waals surface area (Å²) in [5, 5.41) is 14.2. The molecule has 0 aliphatic heterocycles. The predicted octanol–water partition coefficient (Wildman–Crippen LogP) is 1.30. The molecule has 1 rings (SSSR count). The Kier molecular flexibility index (Phi) is 4.87. The predicted molar refractivity (Wildman–Crippen MR) is 62.9 cm³/mol. The Balaban J connectivity index is 2.38. The molecule has 0 bridgehead atoms. The molecular formula is C12H15N3O. The number of rotatable bonds is 5. The topological polar surface area (TPSA) is 64.9 Å². The molecule has 0 aliphatic rings. The van der Waals surface area contributed by atoms with E-state index in [0.29, 0.717) is 19.4 Å². The lowest BCUT2D eigenvalue weighted by atomic mass is 10.1. The van der Waals surface area contributed by atoms with E-state index in [4.69, 9.17) is 5.26 Å². The Morgan fingerprint density at radius 3 is 2.62 bits per heavy atom. The second-order valence-electron chi connectivity index (χ2n) is 3.38. The molecule has 0 fully saturated rings. The van der Waals surface area contributed by atoms with Gasteiger partial charge in [0.2, 0.25) is 5.91 Å². The van der Waals surface area contributed by atoms with E-state index in [9.17, 15) is 4.79 Å². The first-order valence-electron chi connectivity index (χ1n) is 5.16. The summed E-state index contributed by atoms with van der Waals surface area (Å²) < 4.78 is 0. The van der Waals surface area contributed by atoms with E-state index in [0.717, 1.165) is 11.3 Å². The van der Waals surface area contributed by atoms with Crippen LogP contribution in [0, 0.1) is 11.3 Å². The fourth-order valence-corrected chi connectivity index (χ4v) is 1.28. The van der Waals surface area contributed by atoms with Crippen molar-refractivity contribution in [1.29, 1.82) is 5.26 Å². The summed E-state index contributed by atoms with van der Waals surface area (Å²) in [4.78, 5) is 11.0. The maximum absolute atomic E-state index is 11.0. The zero-order chi connectivity index (χ0) is 11.8. The van der Waals surface area contributed by atoms with Crippen LogP contribution in [0.5, 0.6) is 0 Å². The summed E-state index contributed by atoms with van der Waals surface area (Å²) in [6.45, 7) is 0.608. The average molecular weight is 217 g/mol. The Labute approximate surface area is 95.3 Å². The molecule has 0 atom stereocenters. The SMILES string of the molecule is CNC(=O)CCNc1ccc(CC#N)cc1. The number of carbonyl (C=O) groups is 1. The monoisotopic (exact) mass is 217 g/mol. The molecule has 0 unspecified atom stereocenters. The van der Waals surface area contributed by atoms with Crippen LogP contribution in [-0.4, -0.2) is 19.5 Å². The second-order valence-corrected chi connectivity index (χ2v) is 3.38. The minimum Gasteiger partial charge on any atom is -0.385 e.